The number of anilines is 1. The Kier molecular flexibility index (Phi) is 4.66. The van der Waals surface area contributed by atoms with Crippen LogP contribution in [-0.4, -0.2) is 9.91 Å². The monoisotopic (exact) mass is 336 g/mol. The van der Waals surface area contributed by atoms with E-state index in [2.05, 4.69) is 18.0 Å². The molecule has 1 aliphatic carbocycles. The van der Waals surface area contributed by atoms with E-state index in [1.165, 1.54) is 12.1 Å². The van der Waals surface area contributed by atoms with Crippen LogP contribution in [0.25, 0.3) is 11.1 Å². The van der Waals surface area contributed by atoms with Crippen molar-refractivity contribution in [1.29, 1.82) is 5.26 Å². The van der Waals surface area contributed by atoms with Gasteiger partial charge in [-0.2, -0.15) is 5.26 Å². The minimum atomic E-state index is -0.424. The second-order valence-electron chi connectivity index (χ2n) is 6.49. The summed E-state index contributed by atoms with van der Waals surface area (Å²) in [4.78, 5) is 15.2. The van der Waals surface area contributed by atoms with E-state index in [-0.39, 0.29) is 11.5 Å². The third-order valence-corrected chi connectivity index (χ3v) is 4.85. The van der Waals surface area contributed by atoms with Gasteiger partial charge in [0.25, 0.3) is 5.69 Å². The lowest BCUT2D eigenvalue weighted by molar-refractivity contribution is -0.384. The van der Waals surface area contributed by atoms with Crippen LogP contribution in [0, 0.1) is 27.4 Å². The Balaban J connectivity index is 2.21. The summed E-state index contributed by atoms with van der Waals surface area (Å²) in [6, 6.07) is 8.56. The molecular weight excluding hydrogens is 316 g/mol. The second-order valence-corrected chi connectivity index (χ2v) is 6.49. The summed E-state index contributed by atoms with van der Waals surface area (Å²) >= 11 is 0. The number of nitrogens with zero attached hydrogens (tertiary/aromatic N) is 3. The highest BCUT2D eigenvalue weighted by atomic mass is 16.6. The number of non-ortho nitro benzene ring substituents is 1. The topological polar surface area (TPSA) is 106 Å². The third kappa shape index (κ3) is 3.18. The summed E-state index contributed by atoms with van der Waals surface area (Å²) in [5.41, 5.74) is 9.66. The van der Waals surface area contributed by atoms with Crippen LogP contribution in [0.5, 0.6) is 0 Å². The van der Waals surface area contributed by atoms with Gasteiger partial charge in [-0.1, -0.05) is 31.9 Å². The molecular formula is C19H20N4O2. The predicted octanol–water partition coefficient (Wildman–Crippen LogP) is 4.02. The number of nitro groups is 1. The molecule has 0 spiro atoms. The Morgan fingerprint density at radius 3 is 2.96 bits per heavy atom. The molecule has 0 aliphatic heterocycles. The number of nitriles is 1. The number of aryl methyl sites for hydroxylation is 1. The van der Waals surface area contributed by atoms with Gasteiger partial charge >= 0.3 is 0 Å². The van der Waals surface area contributed by atoms with E-state index in [9.17, 15) is 15.4 Å². The molecule has 1 aliphatic rings. The number of fused-ring (bicyclic) bond motifs is 1. The van der Waals surface area contributed by atoms with Crippen LogP contribution in [0.15, 0.2) is 24.3 Å². The summed E-state index contributed by atoms with van der Waals surface area (Å²) in [7, 11) is 0. The third-order valence-electron chi connectivity index (χ3n) is 4.85. The first kappa shape index (κ1) is 16.9. The first-order chi connectivity index (χ1) is 12.0. The van der Waals surface area contributed by atoms with E-state index in [1.807, 2.05) is 0 Å². The highest BCUT2D eigenvalue weighted by molar-refractivity contribution is 5.80. The number of hydrogen-bond acceptors (Lipinski definition) is 5. The maximum Gasteiger partial charge on any atom is 0.270 e. The van der Waals surface area contributed by atoms with Crippen molar-refractivity contribution in [2.24, 2.45) is 5.92 Å². The number of nitrogen functional groups attached to an aromatic ring is 1. The molecule has 1 atom stereocenters. The standard InChI is InChI=1S/C19H20N4O2/c1-2-4-12-7-8-17-15(9-12)18(16(11-20)19(21)22-17)13-5-3-6-14(10-13)23(24)25/h3,5-6,10,12H,2,4,7-9H2,1H3,(H2,21,22). The molecule has 2 aromatic rings. The molecule has 1 unspecified atom stereocenters. The number of pyridine rings is 1. The summed E-state index contributed by atoms with van der Waals surface area (Å²) in [6.07, 6.45) is 4.97. The van der Waals surface area contributed by atoms with Crippen molar-refractivity contribution in [3.05, 3.63) is 51.2 Å². The molecule has 25 heavy (non-hydrogen) atoms. The lowest BCUT2D eigenvalue weighted by Gasteiger charge is -2.27. The van der Waals surface area contributed by atoms with Crippen LogP contribution in [0.4, 0.5) is 11.5 Å². The SMILES string of the molecule is CCCC1CCc2nc(N)c(C#N)c(-c3cccc([N+](=O)[O-])c3)c2C1. The smallest absolute Gasteiger partial charge is 0.270 e. The number of hydrogen-bond donors (Lipinski definition) is 1. The highest BCUT2D eigenvalue weighted by Gasteiger charge is 2.26. The summed E-state index contributed by atoms with van der Waals surface area (Å²) in [5.74, 6) is 0.753. The molecule has 0 amide bonds. The lowest BCUT2D eigenvalue weighted by atomic mass is 9.79. The summed E-state index contributed by atoms with van der Waals surface area (Å²) in [5, 5.41) is 20.7. The molecule has 0 radical (unpaired) electrons. The van der Waals surface area contributed by atoms with Gasteiger partial charge < -0.3 is 5.73 Å². The van der Waals surface area contributed by atoms with Gasteiger partial charge in [-0.05, 0) is 36.3 Å². The van der Waals surface area contributed by atoms with E-state index < -0.39 is 4.92 Å². The number of benzene rings is 1. The van der Waals surface area contributed by atoms with E-state index >= 15 is 0 Å². The Morgan fingerprint density at radius 2 is 2.28 bits per heavy atom. The van der Waals surface area contributed by atoms with Crippen molar-refractivity contribution >= 4 is 11.5 Å². The lowest BCUT2D eigenvalue weighted by Crippen LogP contribution is -2.18. The minimum Gasteiger partial charge on any atom is -0.383 e. The number of aromatic nitrogens is 1. The van der Waals surface area contributed by atoms with Gasteiger partial charge in [0.1, 0.15) is 17.5 Å². The van der Waals surface area contributed by atoms with Crippen molar-refractivity contribution in [3.8, 4) is 17.2 Å². The average molecular weight is 336 g/mol. The van der Waals surface area contributed by atoms with E-state index in [0.29, 0.717) is 17.0 Å². The van der Waals surface area contributed by atoms with E-state index in [4.69, 9.17) is 5.73 Å². The van der Waals surface area contributed by atoms with Crippen LogP contribution in [0.2, 0.25) is 0 Å². The average Bonchev–Trinajstić information content (AvgIpc) is 2.61. The fourth-order valence-electron chi connectivity index (χ4n) is 3.71. The number of nitro benzene ring substituents is 1. The van der Waals surface area contributed by atoms with Gasteiger partial charge in [-0.15, -0.1) is 0 Å². The van der Waals surface area contributed by atoms with Crippen molar-refractivity contribution in [1.82, 2.24) is 4.98 Å². The van der Waals surface area contributed by atoms with Crippen molar-refractivity contribution in [2.45, 2.75) is 39.0 Å². The van der Waals surface area contributed by atoms with Crippen LogP contribution in [0.1, 0.15) is 43.0 Å². The molecule has 0 fully saturated rings. The van der Waals surface area contributed by atoms with E-state index in [0.717, 1.165) is 48.9 Å². The predicted molar refractivity (Wildman–Crippen MR) is 95.9 cm³/mol. The Bertz CT molecular complexity index is 870. The van der Waals surface area contributed by atoms with Gasteiger partial charge in [0.2, 0.25) is 0 Å². The first-order valence-electron chi connectivity index (χ1n) is 8.51. The molecule has 6 nitrogen and oxygen atoms in total. The van der Waals surface area contributed by atoms with Gasteiger partial charge in [0.15, 0.2) is 0 Å². The van der Waals surface area contributed by atoms with Crippen molar-refractivity contribution in [3.63, 3.8) is 0 Å². The number of rotatable bonds is 4. The molecule has 1 aromatic heterocycles. The normalized spacial score (nSPS) is 16.1. The van der Waals surface area contributed by atoms with Gasteiger partial charge in [-0.25, -0.2) is 4.98 Å². The molecule has 0 saturated heterocycles. The molecule has 3 rings (SSSR count). The zero-order valence-corrected chi connectivity index (χ0v) is 14.2. The molecule has 128 valence electrons. The molecule has 2 N–H and O–H groups in total. The minimum absolute atomic E-state index is 0.00596. The van der Waals surface area contributed by atoms with Gasteiger partial charge in [0.05, 0.1) is 4.92 Å². The molecule has 1 aromatic carbocycles. The highest BCUT2D eigenvalue weighted by Crippen LogP contribution is 2.39. The fourth-order valence-corrected chi connectivity index (χ4v) is 3.71. The summed E-state index contributed by atoms with van der Waals surface area (Å²) < 4.78 is 0. The first-order valence-corrected chi connectivity index (χ1v) is 8.51. The zero-order valence-electron chi connectivity index (χ0n) is 14.2. The van der Waals surface area contributed by atoms with Crippen LogP contribution < -0.4 is 5.73 Å². The largest absolute Gasteiger partial charge is 0.383 e. The number of nitrogens with two attached hydrogens (primary N) is 1. The van der Waals surface area contributed by atoms with Gasteiger partial charge in [-0.3, -0.25) is 10.1 Å². The zero-order chi connectivity index (χ0) is 18.0. The second kappa shape index (κ2) is 6.89. The van der Waals surface area contributed by atoms with Gasteiger partial charge in [0, 0.05) is 23.4 Å². The Hall–Kier alpha value is -2.94. The Labute approximate surface area is 146 Å². The molecule has 1 heterocycles. The summed E-state index contributed by atoms with van der Waals surface area (Å²) in [6.45, 7) is 2.17. The van der Waals surface area contributed by atoms with Crippen LogP contribution in [0.3, 0.4) is 0 Å². The molecule has 0 bridgehead atoms. The maximum atomic E-state index is 11.1. The van der Waals surface area contributed by atoms with Crippen molar-refractivity contribution in [2.75, 3.05) is 5.73 Å². The quantitative estimate of drug-likeness (QED) is 0.670. The maximum absolute atomic E-state index is 11.1. The van der Waals surface area contributed by atoms with Crippen LogP contribution in [-0.2, 0) is 12.8 Å². The fraction of sp³-hybridized carbons (Fsp3) is 0.368. The van der Waals surface area contributed by atoms with Crippen LogP contribution >= 0.6 is 0 Å². The van der Waals surface area contributed by atoms with Crippen molar-refractivity contribution < 1.29 is 4.92 Å². The Morgan fingerprint density at radius 1 is 1.48 bits per heavy atom. The molecule has 6 heteroatoms. The molecule has 0 saturated carbocycles. The van der Waals surface area contributed by atoms with E-state index in [1.54, 1.807) is 12.1 Å².